The number of piperidine rings is 1. The van der Waals surface area contributed by atoms with Gasteiger partial charge in [0.2, 0.25) is 5.06 Å². The fourth-order valence-electron chi connectivity index (χ4n) is 3.03. The first-order chi connectivity index (χ1) is 12.6. The van der Waals surface area contributed by atoms with Gasteiger partial charge in [-0.05, 0) is 62.8 Å². The highest BCUT2D eigenvalue weighted by atomic mass is 32.1. The molecule has 0 N–H and O–H groups in total. The number of rotatable bonds is 5. The van der Waals surface area contributed by atoms with Crippen LogP contribution in [0.4, 0.5) is 5.69 Å². The highest BCUT2D eigenvalue weighted by molar-refractivity contribution is 7.08. The van der Waals surface area contributed by atoms with Crippen LogP contribution in [-0.2, 0) is 6.42 Å². The van der Waals surface area contributed by atoms with Crippen molar-refractivity contribution in [3.05, 3.63) is 34.5 Å². The van der Waals surface area contributed by atoms with E-state index in [0.717, 1.165) is 47.8 Å². The number of aromatic nitrogens is 1. The number of nitrogens with zero attached hydrogens (tertiary/aromatic N) is 4. The van der Waals surface area contributed by atoms with Crippen LogP contribution in [0.1, 0.15) is 48.6 Å². The molecule has 1 saturated heterocycles. The Morgan fingerprint density at radius 3 is 2.73 bits per heavy atom. The third-order valence-electron chi connectivity index (χ3n) is 4.63. The largest absolute Gasteiger partial charge is 0.443 e. The van der Waals surface area contributed by atoms with Crippen LogP contribution in [0.2, 0.25) is 0 Å². The second-order valence-electron chi connectivity index (χ2n) is 6.60. The van der Waals surface area contributed by atoms with Crippen molar-refractivity contribution in [3.63, 3.8) is 0 Å². The van der Waals surface area contributed by atoms with Crippen LogP contribution in [0.25, 0.3) is 0 Å². The normalized spacial score (nSPS) is 14.6. The molecule has 1 aliphatic rings. The van der Waals surface area contributed by atoms with Gasteiger partial charge in [0.15, 0.2) is 0 Å². The first-order valence-electron chi connectivity index (χ1n) is 9.08. The smallest absolute Gasteiger partial charge is 0.218 e. The van der Waals surface area contributed by atoms with Crippen molar-refractivity contribution in [1.82, 2.24) is 9.27 Å². The molecule has 1 aromatic carbocycles. The lowest BCUT2D eigenvalue weighted by Crippen LogP contribution is -2.28. The summed E-state index contributed by atoms with van der Waals surface area (Å²) in [6.45, 7) is 8.20. The van der Waals surface area contributed by atoms with Gasteiger partial charge >= 0.3 is 0 Å². The summed E-state index contributed by atoms with van der Waals surface area (Å²) in [5.41, 5.74) is 4.35. The van der Waals surface area contributed by atoms with Gasteiger partial charge in [0.1, 0.15) is 17.4 Å². The van der Waals surface area contributed by atoms with Crippen LogP contribution in [-0.4, -0.2) is 28.7 Å². The number of aryl methyl sites for hydroxylation is 3. The highest BCUT2D eigenvalue weighted by Gasteiger charge is 2.16. The number of likely N-dealkylation sites (tertiary alicyclic amines) is 1. The number of nitriles is 1. The molecule has 6 heteroatoms. The maximum Gasteiger partial charge on any atom is 0.218 e. The van der Waals surface area contributed by atoms with Gasteiger partial charge in [-0.3, -0.25) is 0 Å². The third kappa shape index (κ3) is 4.05. The summed E-state index contributed by atoms with van der Waals surface area (Å²) in [6, 6.07) is 6.24. The summed E-state index contributed by atoms with van der Waals surface area (Å²) in [5.74, 6) is 0.752. The summed E-state index contributed by atoms with van der Waals surface area (Å²) in [4.78, 5) is 6.96. The Morgan fingerprint density at radius 2 is 2.04 bits per heavy atom. The highest BCUT2D eigenvalue weighted by Crippen LogP contribution is 2.36. The van der Waals surface area contributed by atoms with Gasteiger partial charge in [-0.25, -0.2) is 4.99 Å². The summed E-state index contributed by atoms with van der Waals surface area (Å²) < 4.78 is 10.3. The lowest BCUT2D eigenvalue weighted by molar-refractivity contribution is 0.351. The van der Waals surface area contributed by atoms with Crippen molar-refractivity contribution >= 4 is 23.6 Å². The zero-order valence-electron chi connectivity index (χ0n) is 15.6. The molecule has 1 fully saturated rings. The Balaban J connectivity index is 1.80. The van der Waals surface area contributed by atoms with Gasteiger partial charge in [0.25, 0.3) is 0 Å². The summed E-state index contributed by atoms with van der Waals surface area (Å²) >= 11 is 1.24. The molecule has 0 radical (unpaired) electrons. The Kier molecular flexibility index (Phi) is 5.89. The number of benzene rings is 1. The minimum Gasteiger partial charge on any atom is -0.443 e. The van der Waals surface area contributed by atoms with Gasteiger partial charge < -0.3 is 9.64 Å². The molecule has 1 aromatic heterocycles. The molecule has 0 aliphatic carbocycles. The zero-order chi connectivity index (χ0) is 18.5. The quantitative estimate of drug-likeness (QED) is 0.542. The Bertz CT molecular complexity index is 844. The minimum atomic E-state index is 0.543. The molecule has 0 amide bonds. The van der Waals surface area contributed by atoms with Crippen molar-refractivity contribution in [2.75, 3.05) is 13.1 Å². The van der Waals surface area contributed by atoms with Gasteiger partial charge in [-0.15, -0.1) is 0 Å². The van der Waals surface area contributed by atoms with Crippen LogP contribution in [0.5, 0.6) is 10.8 Å². The van der Waals surface area contributed by atoms with E-state index in [1.165, 1.54) is 30.8 Å². The van der Waals surface area contributed by atoms with Crippen molar-refractivity contribution in [1.29, 1.82) is 5.26 Å². The summed E-state index contributed by atoms with van der Waals surface area (Å²) in [5, 5.41) is 9.94. The molecule has 0 unspecified atom stereocenters. The van der Waals surface area contributed by atoms with E-state index >= 15 is 0 Å². The fraction of sp³-hybridized carbons (Fsp3) is 0.450. The molecular formula is C20H24N4OS. The van der Waals surface area contributed by atoms with Crippen LogP contribution in [0, 0.1) is 25.2 Å². The number of aliphatic imine (C=N–C) groups is 1. The van der Waals surface area contributed by atoms with E-state index in [4.69, 9.17) is 4.74 Å². The maximum atomic E-state index is 9.37. The monoisotopic (exact) mass is 368 g/mol. The lowest BCUT2D eigenvalue weighted by atomic mass is 10.1. The number of hydrogen-bond acceptors (Lipinski definition) is 5. The second-order valence-corrected chi connectivity index (χ2v) is 7.34. The first-order valence-corrected chi connectivity index (χ1v) is 9.85. The molecule has 0 saturated carbocycles. The summed E-state index contributed by atoms with van der Waals surface area (Å²) in [7, 11) is 0. The maximum absolute atomic E-state index is 9.37. The first kappa shape index (κ1) is 18.4. The molecule has 3 rings (SSSR count). The van der Waals surface area contributed by atoms with E-state index in [1.54, 1.807) is 0 Å². The SMILES string of the molecule is CCc1nsc(Oc2cc(C)c(N=CN3CCCCC3)cc2C)c1C#N. The Labute approximate surface area is 159 Å². The van der Waals surface area contributed by atoms with E-state index in [9.17, 15) is 5.26 Å². The molecule has 0 spiro atoms. The number of ether oxygens (including phenoxy) is 1. The van der Waals surface area contributed by atoms with Crippen LogP contribution in [0.15, 0.2) is 17.1 Å². The van der Waals surface area contributed by atoms with E-state index in [-0.39, 0.29) is 0 Å². The minimum absolute atomic E-state index is 0.543. The third-order valence-corrected chi connectivity index (χ3v) is 5.39. The number of hydrogen-bond donors (Lipinski definition) is 0. The molecule has 136 valence electrons. The second kappa shape index (κ2) is 8.33. The lowest BCUT2D eigenvalue weighted by Gasteiger charge is -2.23. The predicted molar refractivity (Wildman–Crippen MR) is 106 cm³/mol. The van der Waals surface area contributed by atoms with E-state index in [1.807, 2.05) is 39.2 Å². The molecule has 26 heavy (non-hydrogen) atoms. The molecule has 5 nitrogen and oxygen atoms in total. The zero-order valence-corrected chi connectivity index (χ0v) is 16.4. The van der Waals surface area contributed by atoms with E-state index < -0.39 is 0 Å². The van der Waals surface area contributed by atoms with Crippen molar-refractivity contribution < 1.29 is 4.74 Å². The van der Waals surface area contributed by atoms with Gasteiger partial charge in [0, 0.05) is 24.6 Å². The Hall–Kier alpha value is -2.39. The van der Waals surface area contributed by atoms with Crippen LogP contribution < -0.4 is 4.74 Å². The molecular weight excluding hydrogens is 344 g/mol. The average Bonchev–Trinajstić information content (AvgIpc) is 3.05. The average molecular weight is 369 g/mol. The van der Waals surface area contributed by atoms with Crippen molar-refractivity contribution in [2.24, 2.45) is 4.99 Å². The van der Waals surface area contributed by atoms with E-state index in [2.05, 4.69) is 20.3 Å². The van der Waals surface area contributed by atoms with Gasteiger partial charge in [0.05, 0.1) is 17.7 Å². The van der Waals surface area contributed by atoms with E-state index in [0.29, 0.717) is 10.6 Å². The standard InChI is InChI=1S/C20H24N4OS/c1-4-17-16(12-21)20(26-23-17)25-19-11-14(2)18(10-15(19)3)22-13-24-8-6-5-7-9-24/h10-11,13H,4-9H2,1-3H3. The topological polar surface area (TPSA) is 61.5 Å². The fourth-order valence-corrected chi connectivity index (χ4v) is 3.82. The molecule has 2 aromatic rings. The molecule has 0 atom stereocenters. The van der Waals surface area contributed by atoms with Crippen LogP contribution >= 0.6 is 11.5 Å². The van der Waals surface area contributed by atoms with Crippen molar-refractivity contribution in [2.45, 2.75) is 46.5 Å². The van der Waals surface area contributed by atoms with Gasteiger partial charge in [-0.2, -0.15) is 9.64 Å². The van der Waals surface area contributed by atoms with Crippen molar-refractivity contribution in [3.8, 4) is 16.9 Å². The predicted octanol–water partition coefficient (Wildman–Crippen LogP) is 5.13. The Morgan fingerprint density at radius 1 is 1.27 bits per heavy atom. The molecule has 1 aliphatic heterocycles. The molecule has 0 bridgehead atoms. The summed E-state index contributed by atoms with van der Waals surface area (Å²) in [6.07, 6.45) is 6.49. The molecule has 2 heterocycles. The van der Waals surface area contributed by atoms with Crippen LogP contribution in [0.3, 0.4) is 0 Å². The van der Waals surface area contributed by atoms with Gasteiger partial charge in [-0.1, -0.05) is 6.92 Å².